The second-order valence-corrected chi connectivity index (χ2v) is 8.23. The van der Waals surface area contributed by atoms with Gasteiger partial charge >= 0.3 is 0 Å². The van der Waals surface area contributed by atoms with Gasteiger partial charge in [0.1, 0.15) is 9.79 Å². The quantitative estimate of drug-likeness (QED) is 0.531. The highest BCUT2D eigenvalue weighted by molar-refractivity contribution is 7.89. The van der Waals surface area contributed by atoms with E-state index in [9.17, 15) is 25.9 Å². The Balaban J connectivity index is 2.37. The molecule has 2 N–H and O–H groups in total. The average Bonchev–Trinajstić information content (AvgIpc) is 2.82. The van der Waals surface area contributed by atoms with E-state index in [1.165, 1.54) is 0 Å². The molecular weight excluding hydrogens is 352 g/mol. The van der Waals surface area contributed by atoms with Gasteiger partial charge in [-0.1, -0.05) is 42.5 Å². The van der Waals surface area contributed by atoms with Gasteiger partial charge in [-0.2, -0.15) is 16.8 Å². The lowest BCUT2D eigenvalue weighted by Gasteiger charge is -2.12. The van der Waals surface area contributed by atoms with Crippen molar-refractivity contribution < 1.29 is 25.9 Å². The third kappa shape index (κ3) is 2.01. The van der Waals surface area contributed by atoms with Crippen molar-refractivity contribution in [2.45, 2.75) is 9.79 Å². The van der Waals surface area contributed by atoms with Crippen molar-refractivity contribution in [3.63, 3.8) is 0 Å². The molecule has 0 aromatic heterocycles. The highest BCUT2D eigenvalue weighted by atomic mass is 32.2. The first-order valence-corrected chi connectivity index (χ1v) is 9.72. The molecule has 122 valence electrons. The van der Waals surface area contributed by atoms with Gasteiger partial charge in [0.15, 0.2) is 0 Å². The molecular formula is C16H10O6S2. The third-order valence-electron chi connectivity index (χ3n) is 4.11. The topological polar surface area (TPSA) is 109 Å². The van der Waals surface area contributed by atoms with Crippen molar-refractivity contribution in [1.82, 2.24) is 0 Å². The summed E-state index contributed by atoms with van der Waals surface area (Å²) in [6.07, 6.45) is 0. The molecule has 3 aromatic rings. The molecule has 0 bridgehead atoms. The van der Waals surface area contributed by atoms with Crippen molar-refractivity contribution in [1.29, 1.82) is 0 Å². The van der Waals surface area contributed by atoms with E-state index in [-0.39, 0.29) is 5.56 Å². The molecule has 0 fully saturated rings. The average molecular weight is 362 g/mol. The van der Waals surface area contributed by atoms with Crippen molar-refractivity contribution in [2.75, 3.05) is 0 Å². The maximum Gasteiger partial charge on any atom is 0.296 e. The van der Waals surface area contributed by atoms with Crippen LogP contribution in [-0.4, -0.2) is 25.9 Å². The zero-order chi connectivity index (χ0) is 17.3. The second-order valence-electron chi connectivity index (χ2n) is 5.48. The molecule has 0 amide bonds. The summed E-state index contributed by atoms with van der Waals surface area (Å²) < 4.78 is 66.4. The van der Waals surface area contributed by atoms with Crippen LogP contribution in [0.1, 0.15) is 0 Å². The normalized spacial score (nSPS) is 13.2. The van der Waals surface area contributed by atoms with Crippen LogP contribution in [0.2, 0.25) is 0 Å². The van der Waals surface area contributed by atoms with Crippen molar-refractivity contribution >= 4 is 31.0 Å². The lowest BCUT2D eigenvalue weighted by molar-refractivity contribution is 0.467. The van der Waals surface area contributed by atoms with Gasteiger partial charge in [0.25, 0.3) is 20.2 Å². The fraction of sp³-hybridized carbons (Fsp3) is 0. The second kappa shape index (κ2) is 4.64. The van der Waals surface area contributed by atoms with Crippen molar-refractivity contribution in [3.05, 3.63) is 48.5 Å². The molecule has 1 aliphatic rings. The monoisotopic (exact) mass is 362 g/mol. The molecule has 6 nitrogen and oxygen atoms in total. The van der Waals surface area contributed by atoms with E-state index in [2.05, 4.69) is 0 Å². The van der Waals surface area contributed by atoms with Crippen LogP contribution in [0.25, 0.3) is 33.0 Å². The Labute approximate surface area is 137 Å². The standard InChI is InChI=1S/C16H10O6S2/c17-23(18,19)13-8-9-4-3-7-11-10-5-1-2-6-12(10)15(14(9)11)16(13)24(20,21)22/h1-8H,(H,17,18,19)(H,20,21,22). The van der Waals surface area contributed by atoms with Gasteiger partial charge in [-0.05, 0) is 33.5 Å². The predicted octanol–water partition coefficient (Wildman–Crippen LogP) is 2.98. The van der Waals surface area contributed by atoms with Gasteiger partial charge in [-0.25, -0.2) is 0 Å². The molecule has 8 heteroatoms. The van der Waals surface area contributed by atoms with Crippen LogP contribution in [0.15, 0.2) is 58.3 Å². The minimum absolute atomic E-state index is 0.0915. The van der Waals surface area contributed by atoms with Crippen LogP contribution in [0.4, 0.5) is 0 Å². The van der Waals surface area contributed by atoms with Gasteiger partial charge in [-0.15, -0.1) is 0 Å². The van der Waals surface area contributed by atoms with E-state index in [4.69, 9.17) is 0 Å². The number of fused-ring (bicyclic) bond motifs is 3. The molecule has 3 aromatic carbocycles. The van der Waals surface area contributed by atoms with Gasteiger partial charge in [0.2, 0.25) is 0 Å². The summed E-state index contributed by atoms with van der Waals surface area (Å²) in [7, 11) is -9.76. The Morgan fingerprint density at radius 2 is 1.33 bits per heavy atom. The lowest BCUT2D eigenvalue weighted by Crippen LogP contribution is -2.10. The van der Waals surface area contributed by atoms with Crippen LogP contribution >= 0.6 is 0 Å². The summed E-state index contributed by atoms with van der Waals surface area (Å²) in [5.74, 6) is 0. The molecule has 1 aliphatic carbocycles. The SMILES string of the molecule is O=S(=O)(O)c1cc2cccc3c2c(c1S(=O)(=O)O)-c1ccccc1-3. The molecule has 0 saturated carbocycles. The van der Waals surface area contributed by atoms with Gasteiger partial charge < -0.3 is 0 Å². The molecule has 0 radical (unpaired) electrons. The van der Waals surface area contributed by atoms with Crippen molar-refractivity contribution in [2.24, 2.45) is 0 Å². The Hall–Kier alpha value is -2.26. The fourth-order valence-corrected chi connectivity index (χ4v) is 5.31. The summed E-state index contributed by atoms with van der Waals surface area (Å²) >= 11 is 0. The van der Waals surface area contributed by atoms with E-state index in [1.54, 1.807) is 42.5 Å². The molecule has 0 heterocycles. The minimum Gasteiger partial charge on any atom is -0.282 e. The third-order valence-corrected chi connectivity index (χ3v) is 6.05. The maximum atomic E-state index is 11.9. The van der Waals surface area contributed by atoms with Gasteiger partial charge in [-0.3, -0.25) is 9.11 Å². The highest BCUT2D eigenvalue weighted by Gasteiger charge is 2.34. The number of benzene rings is 3. The first-order chi connectivity index (χ1) is 11.2. The molecule has 0 atom stereocenters. The molecule has 0 aliphatic heterocycles. The van der Waals surface area contributed by atoms with Gasteiger partial charge in [0.05, 0.1) is 0 Å². The van der Waals surface area contributed by atoms with Crippen LogP contribution < -0.4 is 0 Å². The lowest BCUT2D eigenvalue weighted by atomic mass is 10.0. The summed E-state index contributed by atoms with van der Waals surface area (Å²) in [6.45, 7) is 0. The van der Waals surface area contributed by atoms with Crippen LogP contribution in [0.5, 0.6) is 0 Å². The van der Waals surface area contributed by atoms with E-state index in [1.807, 2.05) is 0 Å². The van der Waals surface area contributed by atoms with Crippen LogP contribution in [0.3, 0.4) is 0 Å². The van der Waals surface area contributed by atoms with E-state index in [0.29, 0.717) is 16.3 Å². The summed E-state index contributed by atoms with van der Waals surface area (Å²) in [5, 5.41) is 0.984. The predicted molar refractivity (Wildman–Crippen MR) is 88.0 cm³/mol. The molecule has 24 heavy (non-hydrogen) atoms. The molecule has 0 unspecified atom stereocenters. The van der Waals surface area contributed by atoms with Crippen molar-refractivity contribution in [3.8, 4) is 22.3 Å². The molecule has 0 spiro atoms. The largest absolute Gasteiger partial charge is 0.296 e. The highest BCUT2D eigenvalue weighted by Crippen LogP contribution is 2.51. The number of hydrogen-bond donors (Lipinski definition) is 2. The van der Waals surface area contributed by atoms with E-state index >= 15 is 0 Å². The first kappa shape index (κ1) is 15.3. The summed E-state index contributed by atoms with van der Waals surface area (Å²) in [4.78, 5) is -1.63. The Morgan fingerprint density at radius 3 is 1.96 bits per heavy atom. The summed E-state index contributed by atoms with van der Waals surface area (Å²) in [5.41, 5.74) is 2.05. The zero-order valence-corrected chi connectivity index (χ0v) is 13.6. The zero-order valence-electron chi connectivity index (χ0n) is 12.0. The smallest absolute Gasteiger partial charge is 0.282 e. The Morgan fingerprint density at radius 1 is 0.708 bits per heavy atom. The maximum absolute atomic E-state index is 11.9. The fourth-order valence-electron chi connectivity index (χ4n) is 3.28. The Kier molecular flexibility index (Phi) is 2.95. The van der Waals surface area contributed by atoms with Crippen LogP contribution in [-0.2, 0) is 20.2 Å². The Bertz CT molecular complexity index is 1240. The summed E-state index contributed by atoms with van der Waals surface area (Å²) in [6, 6.07) is 13.1. The van der Waals surface area contributed by atoms with E-state index in [0.717, 1.165) is 17.2 Å². The first-order valence-electron chi connectivity index (χ1n) is 6.84. The van der Waals surface area contributed by atoms with E-state index < -0.39 is 30.0 Å². The minimum atomic E-state index is -4.90. The van der Waals surface area contributed by atoms with Crippen LogP contribution in [0, 0.1) is 0 Å². The molecule has 4 rings (SSSR count). The number of rotatable bonds is 2. The molecule has 0 saturated heterocycles. The number of hydrogen-bond acceptors (Lipinski definition) is 4. The van der Waals surface area contributed by atoms with Gasteiger partial charge in [0, 0.05) is 5.56 Å².